The summed E-state index contributed by atoms with van der Waals surface area (Å²) < 4.78 is 0. The second kappa shape index (κ2) is 5.44. The first-order chi connectivity index (χ1) is 7.60. The molecular formula is C11H18N4O. The summed E-state index contributed by atoms with van der Waals surface area (Å²) in [5, 5.41) is 5.65. The summed E-state index contributed by atoms with van der Waals surface area (Å²) in [6.07, 6.45) is 1.66. The molecule has 0 unspecified atom stereocenters. The summed E-state index contributed by atoms with van der Waals surface area (Å²) in [6.45, 7) is 6.68. The number of amides is 1. The minimum atomic E-state index is -0.194. The van der Waals surface area contributed by atoms with E-state index in [-0.39, 0.29) is 11.8 Å². The molecule has 0 fully saturated rings. The van der Waals surface area contributed by atoms with Crippen LogP contribution in [0.4, 0.5) is 5.69 Å². The van der Waals surface area contributed by atoms with Crippen molar-refractivity contribution >= 4 is 11.6 Å². The molecule has 0 aliphatic heterocycles. The molecule has 0 atom stereocenters. The predicted octanol–water partition coefficient (Wildman–Crippen LogP) is 1.39. The number of anilines is 1. The van der Waals surface area contributed by atoms with Gasteiger partial charge in [-0.2, -0.15) is 0 Å². The zero-order valence-corrected chi connectivity index (χ0v) is 10.2. The fourth-order valence-electron chi connectivity index (χ4n) is 1.28. The standard InChI is InChI=1S/C11H18N4O/c1-5-13-8-6-14-10(7(2)3)15-9(8)11(16)12-4/h6-7,13H,5H2,1-4H3,(H,12,16). The van der Waals surface area contributed by atoms with Crippen molar-refractivity contribution < 1.29 is 4.79 Å². The molecule has 0 radical (unpaired) electrons. The van der Waals surface area contributed by atoms with Gasteiger partial charge in [0.1, 0.15) is 5.82 Å². The van der Waals surface area contributed by atoms with E-state index in [4.69, 9.17) is 0 Å². The van der Waals surface area contributed by atoms with E-state index in [9.17, 15) is 4.79 Å². The molecule has 5 nitrogen and oxygen atoms in total. The number of hydrogen-bond acceptors (Lipinski definition) is 4. The number of carbonyl (C=O) groups excluding carboxylic acids is 1. The number of rotatable bonds is 4. The Labute approximate surface area is 95.7 Å². The van der Waals surface area contributed by atoms with Gasteiger partial charge in [-0.15, -0.1) is 0 Å². The van der Waals surface area contributed by atoms with E-state index in [0.717, 1.165) is 6.54 Å². The Hall–Kier alpha value is -1.65. The lowest BCUT2D eigenvalue weighted by atomic mass is 10.2. The van der Waals surface area contributed by atoms with Crippen LogP contribution >= 0.6 is 0 Å². The molecule has 1 amide bonds. The molecule has 2 N–H and O–H groups in total. The molecule has 0 aliphatic rings. The maximum Gasteiger partial charge on any atom is 0.271 e. The van der Waals surface area contributed by atoms with E-state index in [1.54, 1.807) is 13.2 Å². The van der Waals surface area contributed by atoms with Crippen LogP contribution in [0, 0.1) is 0 Å². The molecule has 5 heteroatoms. The average Bonchev–Trinajstić information content (AvgIpc) is 2.28. The van der Waals surface area contributed by atoms with Crippen LogP contribution in [0.25, 0.3) is 0 Å². The van der Waals surface area contributed by atoms with Crippen molar-refractivity contribution in [2.24, 2.45) is 0 Å². The second-order valence-electron chi connectivity index (χ2n) is 3.75. The van der Waals surface area contributed by atoms with Crippen molar-refractivity contribution in [1.82, 2.24) is 15.3 Å². The molecule has 1 aromatic rings. The van der Waals surface area contributed by atoms with Crippen LogP contribution in [0.15, 0.2) is 6.20 Å². The molecular weight excluding hydrogens is 204 g/mol. The molecule has 0 spiro atoms. The first kappa shape index (κ1) is 12.4. The number of nitrogens with zero attached hydrogens (tertiary/aromatic N) is 2. The molecule has 0 saturated heterocycles. The molecule has 1 aromatic heterocycles. The van der Waals surface area contributed by atoms with E-state index < -0.39 is 0 Å². The monoisotopic (exact) mass is 222 g/mol. The molecule has 0 bridgehead atoms. The number of carbonyl (C=O) groups is 1. The fraction of sp³-hybridized carbons (Fsp3) is 0.545. The van der Waals surface area contributed by atoms with Gasteiger partial charge in [0.15, 0.2) is 5.69 Å². The lowest BCUT2D eigenvalue weighted by Crippen LogP contribution is -2.22. The molecule has 88 valence electrons. The highest BCUT2D eigenvalue weighted by atomic mass is 16.1. The van der Waals surface area contributed by atoms with Crippen LogP contribution in [0.3, 0.4) is 0 Å². The summed E-state index contributed by atoms with van der Waals surface area (Å²) in [5.41, 5.74) is 1.08. The van der Waals surface area contributed by atoms with Crippen molar-refractivity contribution in [3.8, 4) is 0 Å². The number of hydrogen-bond donors (Lipinski definition) is 2. The third-order valence-electron chi connectivity index (χ3n) is 2.13. The third kappa shape index (κ3) is 2.68. The van der Waals surface area contributed by atoms with Crippen molar-refractivity contribution in [3.63, 3.8) is 0 Å². The highest BCUT2D eigenvalue weighted by Gasteiger charge is 2.14. The van der Waals surface area contributed by atoms with Gasteiger partial charge in [0.25, 0.3) is 5.91 Å². The predicted molar refractivity (Wildman–Crippen MR) is 63.7 cm³/mol. The van der Waals surface area contributed by atoms with Gasteiger partial charge >= 0.3 is 0 Å². The average molecular weight is 222 g/mol. The molecule has 1 heterocycles. The van der Waals surface area contributed by atoms with E-state index in [1.165, 1.54) is 0 Å². The van der Waals surface area contributed by atoms with Gasteiger partial charge in [0.2, 0.25) is 0 Å². The normalized spacial score (nSPS) is 10.3. The summed E-state index contributed by atoms with van der Waals surface area (Å²) >= 11 is 0. The molecule has 0 aliphatic carbocycles. The van der Waals surface area contributed by atoms with E-state index in [2.05, 4.69) is 20.6 Å². The highest BCUT2D eigenvalue weighted by molar-refractivity contribution is 5.97. The Balaban J connectivity index is 3.15. The topological polar surface area (TPSA) is 66.9 Å². The second-order valence-corrected chi connectivity index (χ2v) is 3.75. The highest BCUT2D eigenvalue weighted by Crippen LogP contribution is 2.15. The summed E-state index contributed by atoms with van der Waals surface area (Å²) in [7, 11) is 1.59. The Morgan fingerprint density at radius 1 is 1.50 bits per heavy atom. The molecule has 1 rings (SSSR count). The van der Waals surface area contributed by atoms with E-state index in [1.807, 2.05) is 20.8 Å². The smallest absolute Gasteiger partial charge is 0.271 e. The van der Waals surface area contributed by atoms with Gasteiger partial charge in [-0.3, -0.25) is 4.79 Å². The van der Waals surface area contributed by atoms with Crippen molar-refractivity contribution in [3.05, 3.63) is 17.7 Å². The summed E-state index contributed by atoms with van der Waals surface area (Å²) in [5.74, 6) is 0.694. The largest absolute Gasteiger partial charge is 0.382 e. The van der Waals surface area contributed by atoms with Crippen LogP contribution < -0.4 is 10.6 Å². The third-order valence-corrected chi connectivity index (χ3v) is 2.13. The Kier molecular flexibility index (Phi) is 4.22. The maximum atomic E-state index is 11.6. The van der Waals surface area contributed by atoms with Crippen LogP contribution in [0.5, 0.6) is 0 Å². The van der Waals surface area contributed by atoms with Gasteiger partial charge in [-0.05, 0) is 6.92 Å². The molecule has 0 saturated carbocycles. The lowest BCUT2D eigenvalue weighted by Gasteiger charge is -2.11. The van der Waals surface area contributed by atoms with E-state index in [0.29, 0.717) is 17.2 Å². The van der Waals surface area contributed by atoms with Crippen LogP contribution in [0.2, 0.25) is 0 Å². The number of nitrogens with one attached hydrogen (secondary N) is 2. The Bertz CT molecular complexity index is 376. The minimum Gasteiger partial charge on any atom is -0.382 e. The van der Waals surface area contributed by atoms with E-state index >= 15 is 0 Å². The van der Waals surface area contributed by atoms with Gasteiger partial charge in [0, 0.05) is 19.5 Å². The van der Waals surface area contributed by atoms with Gasteiger partial charge in [-0.1, -0.05) is 13.8 Å². The molecule has 16 heavy (non-hydrogen) atoms. The zero-order valence-electron chi connectivity index (χ0n) is 10.2. The summed E-state index contributed by atoms with van der Waals surface area (Å²) in [4.78, 5) is 20.1. The Morgan fingerprint density at radius 2 is 2.19 bits per heavy atom. The minimum absolute atomic E-state index is 0.194. The van der Waals surface area contributed by atoms with Crippen LogP contribution in [-0.2, 0) is 0 Å². The van der Waals surface area contributed by atoms with Crippen molar-refractivity contribution in [1.29, 1.82) is 0 Å². The summed E-state index contributed by atoms with van der Waals surface area (Å²) in [6, 6.07) is 0. The zero-order chi connectivity index (χ0) is 12.1. The quantitative estimate of drug-likeness (QED) is 0.808. The van der Waals surface area contributed by atoms with Crippen molar-refractivity contribution in [2.45, 2.75) is 26.7 Å². The SMILES string of the molecule is CCNc1cnc(C(C)C)nc1C(=O)NC. The van der Waals surface area contributed by atoms with Crippen LogP contribution in [-0.4, -0.2) is 29.5 Å². The van der Waals surface area contributed by atoms with Gasteiger partial charge in [0.05, 0.1) is 11.9 Å². The first-order valence-electron chi connectivity index (χ1n) is 5.43. The lowest BCUT2D eigenvalue weighted by molar-refractivity contribution is 0.0958. The van der Waals surface area contributed by atoms with Crippen LogP contribution in [0.1, 0.15) is 43.0 Å². The van der Waals surface area contributed by atoms with Gasteiger partial charge in [-0.25, -0.2) is 9.97 Å². The Morgan fingerprint density at radius 3 is 2.69 bits per heavy atom. The fourth-order valence-corrected chi connectivity index (χ4v) is 1.28. The van der Waals surface area contributed by atoms with Gasteiger partial charge < -0.3 is 10.6 Å². The first-order valence-corrected chi connectivity index (χ1v) is 5.43. The number of aromatic nitrogens is 2. The molecule has 0 aromatic carbocycles. The maximum absolute atomic E-state index is 11.6. The van der Waals surface area contributed by atoms with Crippen molar-refractivity contribution in [2.75, 3.05) is 18.9 Å².